The molecule has 1 atom stereocenters. The smallest absolute Gasteiger partial charge is 0.147 e. The summed E-state index contributed by atoms with van der Waals surface area (Å²) >= 11 is 0. The Morgan fingerprint density at radius 3 is 2.74 bits per heavy atom. The Labute approximate surface area is 113 Å². The second-order valence-electron chi connectivity index (χ2n) is 4.28. The highest BCUT2D eigenvalue weighted by atomic mass is 32.2. The minimum Gasteiger partial charge on any atom is -0.396 e. The van der Waals surface area contributed by atoms with Crippen molar-refractivity contribution in [3.05, 3.63) is 41.5 Å². The molecule has 0 amide bonds. The van der Waals surface area contributed by atoms with E-state index in [1.54, 1.807) is 10.7 Å². The normalized spacial score (nSPS) is 12.6. The molecule has 102 valence electrons. The highest BCUT2D eigenvalue weighted by Gasteiger charge is 2.11. The van der Waals surface area contributed by atoms with Crippen LogP contribution in [-0.4, -0.2) is 14.0 Å². The van der Waals surface area contributed by atoms with Crippen molar-refractivity contribution in [2.75, 3.05) is 5.73 Å². The molecule has 2 aromatic rings. The van der Waals surface area contributed by atoms with Crippen LogP contribution in [-0.2, 0) is 30.0 Å². The fraction of sp³-hybridized carbons (Fsp3) is 0.308. The van der Waals surface area contributed by atoms with E-state index in [-0.39, 0.29) is 5.69 Å². The summed E-state index contributed by atoms with van der Waals surface area (Å²) in [7, 11) is 0.506. The van der Waals surface area contributed by atoms with Gasteiger partial charge in [0.25, 0.3) is 0 Å². The molecule has 0 saturated heterocycles. The van der Waals surface area contributed by atoms with E-state index >= 15 is 0 Å². The van der Waals surface area contributed by atoms with E-state index in [4.69, 9.17) is 5.73 Å². The molecule has 2 N–H and O–H groups in total. The summed E-state index contributed by atoms with van der Waals surface area (Å²) in [6, 6.07) is 6.17. The van der Waals surface area contributed by atoms with Gasteiger partial charge in [0.15, 0.2) is 0 Å². The standard InChI is InChI=1S/C13H16FN3OS/c1-3-9-6-10(17(2)16-9)8-19(18)11-4-5-13(15)12(14)7-11/h4-7H,3,8,15H2,1-2H3. The lowest BCUT2D eigenvalue weighted by molar-refractivity contribution is 0.627. The monoisotopic (exact) mass is 281 g/mol. The van der Waals surface area contributed by atoms with E-state index in [0.29, 0.717) is 10.6 Å². The molecular formula is C13H16FN3OS. The third-order valence-electron chi connectivity index (χ3n) is 2.90. The SMILES string of the molecule is CCc1cc(CS(=O)c2ccc(N)c(F)c2)n(C)n1. The minimum absolute atomic E-state index is 0.0644. The Balaban J connectivity index is 2.20. The molecule has 0 bridgehead atoms. The van der Waals surface area contributed by atoms with Gasteiger partial charge in [-0.3, -0.25) is 8.89 Å². The van der Waals surface area contributed by atoms with Gasteiger partial charge in [0.05, 0.1) is 33.6 Å². The molecule has 6 heteroatoms. The molecule has 1 heterocycles. The second kappa shape index (κ2) is 5.52. The van der Waals surface area contributed by atoms with Crippen LogP contribution in [0.1, 0.15) is 18.3 Å². The second-order valence-corrected chi connectivity index (χ2v) is 5.73. The highest BCUT2D eigenvalue weighted by Crippen LogP contribution is 2.18. The summed E-state index contributed by atoms with van der Waals surface area (Å²) in [5.41, 5.74) is 7.29. The Morgan fingerprint density at radius 2 is 2.16 bits per heavy atom. The van der Waals surface area contributed by atoms with Crippen LogP contribution in [0.3, 0.4) is 0 Å². The van der Waals surface area contributed by atoms with Gasteiger partial charge in [-0.2, -0.15) is 5.10 Å². The summed E-state index contributed by atoms with van der Waals surface area (Å²) < 4.78 is 27.2. The molecule has 0 radical (unpaired) electrons. The van der Waals surface area contributed by atoms with Gasteiger partial charge in [0.1, 0.15) is 5.82 Å². The van der Waals surface area contributed by atoms with Crippen LogP contribution in [0.5, 0.6) is 0 Å². The fourth-order valence-electron chi connectivity index (χ4n) is 1.75. The summed E-state index contributed by atoms with van der Waals surface area (Å²) in [5.74, 6) is -0.225. The summed E-state index contributed by atoms with van der Waals surface area (Å²) in [6.45, 7) is 2.01. The van der Waals surface area contributed by atoms with Crippen molar-refractivity contribution in [3.8, 4) is 0 Å². The number of benzene rings is 1. The number of aryl methyl sites for hydroxylation is 2. The molecule has 1 aromatic carbocycles. The zero-order valence-corrected chi connectivity index (χ0v) is 11.7. The van der Waals surface area contributed by atoms with Crippen LogP contribution in [0.15, 0.2) is 29.2 Å². The predicted molar refractivity (Wildman–Crippen MR) is 73.5 cm³/mol. The summed E-state index contributed by atoms with van der Waals surface area (Å²) in [5, 5.41) is 4.30. The van der Waals surface area contributed by atoms with Gasteiger partial charge >= 0.3 is 0 Å². The quantitative estimate of drug-likeness (QED) is 0.872. The van der Waals surface area contributed by atoms with Crippen LogP contribution in [0.25, 0.3) is 0 Å². The lowest BCUT2D eigenvalue weighted by Gasteiger charge is -2.04. The Hall–Kier alpha value is -1.69. The lowest BCUT2D eigenvalue weighted by Crippen LogP contribution is -2.04. The molecule has 2 rings (SSSR count). The molecule has 1 unspecified atom stereocenters. The van der Waals surface area contributed by atoms with Crippen LogP contribution < -0.4 is 5.73 Å². The molecule has 0 spiro atoms. The van der Waals surface area contributed by atoms with Gasteiger partial charge in [-0.25, -0.2) is 4.39 Å². The number of nitrogens with zero attached hydrogens (tertiary/aromatic N) is 2. The maximum atomic E-state index is 13.3. The summed E-state index contributed by atoms with van der Waals surface area (Å²) in [4.78, 5) is 0.436. The zero-order valence-electron chi connectivity index (χ0n) is 10.9. The third kappa shape index (κ3) is 3.01. The minimum atomic E-state index is -1.31. The lowest BCUT2D eigenvalue weighted by atomic mass is 10.3. The van der Waals surface area contributed by atoms with Crippen molar-refractivity contribution < 1.29 is 8.60 Å². The Bertz CT molecular complexity index is 624. The zero-order chi connectivity index (χ0) is 14.0. The first-order valence-electron chi connectivity index (χ1n) is 5.96. The number of nitrogens with two attached hydrogens (primary N) is 1. The molecule has 1 aromatic heterocycles. The van der Waals surface area contributed by atoms with Crippen molar-refractivity contribution in [2.45, 2.75) is 24.0 Å². The van der Waals surface area contributed by atoms with Gasteiger partial charge in [0.2, 0.25) is 0 Å². The van der Waals surface area contributed by atoms with E-state index in [2.05, 4.69) is 5.10 Å². The van der Waals surface area contributed by atoms with E-state index in [0.717, 1.165) is 17.8 Å². The number of hydrogen-bond acceptors (Lipinski definition) is 3. The molecule has 0 aliphatic heterocycles. The summed E-state index contributed by atoms with van der Waals surface area (Å²) in [6.07, 6.45) is 0.830. The third-order valence-corrected chi connectivity index (χ3v) is 4.24. The number of hydrogen-bond donors (Lipinski definition) is 1. The van der Waals surface area contributed by atoms with Crippen LogP contribution in [0, 0.1) is 5.82 Å². The topological polar surface area (TPSA) is 60.9 Å². The highest BCUT2D eigenvalue weighted by molar-refractivity contribution is 7.84. The van der Waals surface area contributed by atoms with Crippen molar-refractivity contribution in [1.29, 1.82) is 0 Å². The van der Waals surface area contributed by atoms with Gasteiger partial charge in [-0.15, -0.1) is 0 Å². The maximum absolute atomic E-state index is 13.3. The van der Waals surface area contributed by atoms with Gasteiger partial charge in [-0.05, 0) is 30.7 Å². The van der Waals surface area contributed by atoms with Crippen LogP contribution >= 0.6 is 0 Å². The predicted octanol–water partition coefficient (Wildman–Crippen LogP) is 2.01. The van der Waals surface area contributed by atoms with E-state index in [1.165, 1.54) is 12.1 Å². The molecular weight excluding hydrogens is 265 g/mol. The first kappa shape index (κ1) is 13.7. The fourth-order valence-corrected chi connectivity index (χ4v) is 2.91. The van der Waals surface area contributed by atoms with E-state index < -0.39 is 16.6 Å². The number of aromatic nitrogens is 2. The van der Waals surface area contributed by atoms with Gasteiger partial charge < -0.3 is 5.73 Å². The maximum Gasteiger partial charge on any atom is 0.147 e. The van der Waals surface area contributed by atoms with Crippen molar-refractivity contribution in [1.82, 2.24) is 9.78 Å². The van der Waals surface area contributed by atoms with Crippen LogP contribution in [0.4, 0.5) is 10.1 Å². The number of anilines is 1. The number of rotatable bonds is 4. The largest absolute Gasteiger partial charge is 0.396 e. The molecule has 0 aliphatic carbocycles. The molecule has 0 saturated carbocycles. The van der Waals surface area contributed by atoms with Crippen molar-refractivity contribution in [3.63, 3.8) is 0 Å². The molecule has 19 heavy (non-hydrogen) atoms. The first-order valence-corrected chi connectivity index (χ1v) is 7.28. The average molecular weight is 281 g/mol. The Morgan fingerprint density at radius 1 is 1.42 bits per heavy atom. The van der Waals surface area contributed by atoms with Crippen molar-refractivity contribution >= 4 is 16.5 Å². The molecule has 0 aliphatic rings. The van der Waals surface area contributed by atoms with E-state index in [1.807, 2.05) is 20.0 Å². The van der Waals surface area contributed by atoms with Gasteiger partial charge in [-0.1, -0.05) is 6.92 Å². The number of nitrogen functional groups attached to an aromatic ring is 1. The molecule has 4 nitrogen and oxygen atoms in total. The van der Waals surface area contributed by atoms with Crippen LogP contribution in [0.2, 0.25) is 0 Å². The van der Waals surface area contributed by atoms with E-state index in [9.17, 15) is 8.60 Å². The molecule has 0 fully saturated rings. The number of halogens is 1. The van der Waals surface area contributed by atoms with Crippen molar-refractivity contribution in [2.24, 2.45) is 7.05 Å². The van der Waals surface area contributed by atoms with Gasteiger partial charge in [0, 0.05) is 11.9 Å². The Kier molecular flexibility index (Phi) is 3.99. The first-order chi connectivity index (χ1) is 9.01. The average Bonchev–Trinajstić information content (AvgIpc) is 2.73.